The van der Waals surface area contributed by atoms with Crippen LogP contribution in [0.5, 0.6) is 0 Å². The molecule has 3 aliphatic heterocycles. The Bertz CT molecular complexity index is 1460. The standard InChI is InChI=1S/C28H32N4/c1-13-14(2)22-10-24-17(5)18(6)26(31-24)12-28-20(8)19(7)27(32-28)11-25-16(4)15(3)23(30-25)9-21(13)29-22/h9-11,26,30,32H,12H2,1-8H3/b22-10-,23-9?,25-11-. The van der Waals surface area contributed by atoms with Gasteiger partial charge in [0.2, 0.25) is 0 Å². The van der Waals surface area contributed by atoms with E-state index in [0.29, 0.717) is 0 Å². The lowest BCUT2D eigenvalue weighted by molar-refractivity contribution is 0.760. The van der Waals surface area contributed by atoms with Crippen molar-refractivity contribution in [3.63, 3.8) is 0 Å². The molecule has 0 aliphatic carbocycles. The molecule has 32 heavy (non-hydrogen) atoms. The van der Waals surface area contributed by atoms with Crippen LogP contribution < -0.4 is 10.7 Å². The molecule has 2 aromatic heterocycles. The lowest BCUT2D eigenvalue weighted by Crippen LogP contribution is -2.14. The number of hydrogen-bond donors (Lipinski definition) is 2. The van der Waals surface area contributed by atoms with Crippen LogP contribution in [0.3, 0.4) is 0 Å². The Balaban J connectivity index is 1.82. The molecule has 164 valence electrons. The summed E-state index contributed by atoms with van der Waals surface area (Å²) in [6.07, 6.45) is 7.51. The average molecular weight is 425 g/mol. The molecule has 0 saturated heterocycles. The third-order valence-electron chi connectivity index (χ3n) is 7.93. The van der Waals surface area contributed by atoms with Gasteiger partial charge in [-0.3, -0.25) is 4.99 Å². The van der Waals surface area contributed by atoms with E-state index in [1.165, 1.54) is 55.9 Å². The minimum atomic E-state index is 0.169. The van der Waals surface area contributed by atoms with Gasteiger partial charge in [0, 0.05) is 28.5 Å². The van der Waals surface area contributed by atoms with Gasteiger partial charge in [-0.15, -0.1) is 0 Å². The first-order chi connectivity index (χ1) is 15.2. The van der Waals surface area contributed by atoms with Gasteiger partial charge in [0.1, 0.15) is 0 Å². The van der Waals surface area contributed by atoms with Crippen LogP contribution in [0.1, 0.15) is 61.3 Å². The van der Waals surface area contributed by atoms with Gasteiger partial charge in [0.05, 0.1) is 23.2 Å². The van der Waals surface area contributed by atoms with Crippen LogP contribution in [0.2, 0.25) is 0 Å². The highest BCUT2D eigenvalue weighted by Gasteiger charge is 2.25. The molecule has 5 rings (SSSR count). The highest BCUT2D eigenvalue weighted by molar-refractivity contribution is 6.23. The van der Waals surface area contributed by atoms with Gasteiger partial charge in [-0.2, -0.15) is 0 Å². The first-order valence-corrected chi connectivity index (χ1v) is 11.5. The van der Waals surface area contributed by atoms with E-state index in [0.717, 1.165) is 34.2 Å². The average Bonchev–Trinajstić information content (AvgIpc) is 3.37. The number of H-pyrrole nitrogens is 2. The van der Waals surface area contributed by atoms with E-state index in [1.54, 1.807) is 0 Å². The van der Waals surface area contributed by atoms with E-state index >= 15 is 0 Å². The molecule has 1 atom stereocenters. The topological polar surface area (TPSA) is 56.3 Å². The molecule has 0 saturated carbocycles. The van der Waals surface area contributed by atoms with Gasteiger partial charge in [0.25, 0.3) is 0 Å². The molecule has 0 radical (unpaired) electrons. The third kappa shape index (κ3) is 3.04. The second-order valence-corrected chi connectivity index (χ2v) is 9.58. The van der Waals surface area contributed by atoms with Crippen molar-refractivity contribution < 1.29 is 0 Å². The number of hydrogen-bond acceptors (Lipinski definition) is 2. The molecule has 0 aromatic carbocycles. The summed E-state index contributed by atoms with van der Waals surface area (Å²) in [5.41, 5.74) is 15.8. The smallest absolute Gasteiger partial charge is 0.0774 e. The number of rotatable bonds is 0. The maximum absolute atomic E-state index is 5.13. The van der Waals surface area contributed by atoms with E-state index < -0.39 is 0 Å². The zero-order valence-electron chi connectivity index (χ0n) is 20.4. The molecule has 0 amide bonds. The maximum Gasteiger partial charge on any atom is 0.0774 e. The van der Waals surface area contributed by atoms with E-state index in [9.17, 15) is 0 Å². The molecular weight excluding hydrogens is 392 g/mol. The fourth-order valence-corrected chi connectivity index (χ4v) is 4.88. The Morgan fingerprint density at radius 1 is 0.688 bits per heavy atom. The first kappa shape index (κ1) is 20.7. The summed E-state index contributed by atoms with van der Waals surface area (Å²) in [6.45, 7) is 17.5. The fraction of sp³-hybridized carbons (Fsp3) is 0.357. The van der Waals surface area contributed by atoms with Crippen molar-refractivity contribution in [2.75, 3.05) is 0 Å². The number of aliphatic imine (C=N–C) groups is 2. The number of nitrogens with zero attached hydrogens (tertiary/aromatic N) is 2. The van der Waals surface area contributed by atoms with Crippen molar-refractivity contribution in [1.29, 1.82) is 0 Å². The van der Waals surface area contributed by atoms with Crippen LogP contribution in [0.15, 0.2) is 44.1 Å². The van der Waals surface area contributed by atoms with E-state index in [4.69, 9.17) is 9.98 Å². The van der Waals surface area contributed by atoms with E-state index in [-0.39, 0.29) is 6.04 Å². The van der Waals surface area contributed by atoms with Gasteiger partial charge >= 0.3 is 0 Å². The van der Waals surface area contributed by atoms with E-state index in [2.05, 4.69) is 83.6 Å². The molecule has 3 aliphatic rings. The van der Waals surface area contributed by atoms with Crippen LogP contribution in [-0.4, -0.2) is 27.4 Å². The van der Waals surface area contributed by atoms with Gasteiger partial charge < -0.3 is 9.97 Å². The molecular formula is C28H32N4. The molecule has 8 bridgehead atoms. The van der Waals surface area contributed by atoms with Crippen LogP contribution in [0.4, 0.5) is 0 Å². The Morgan fingerprint density at radius 2 is 1.38 bits per heavy atom. The highest BCUT2D eigenvalue weighted by Crippen LogP contribution is 2.31. The zero-order valence-corrected chi connectivity index (χ0v) is 20.4. The number of nitrogens with one attached hydrogen (secondary N) is 2. The summed E-state index contributed by atoms with van der Waals surface area (Å²) in [5, 5.41) is 2.27. The van der Waals surface area contributed by atoms with Crippen LogP contribution in [0, 0.1) is 27.7 Å². The third-order valence-corrected chi connectivity index (χ3v) is 7.93. The van der Waals surface area contributed by atoms with Crippen molar-refractivity contribution in [3.8, 4) is 0 Å². The minimum Gasteiger partial charge on any atom is -0.358 e. The highest BCUT2D eigenvalue weighted by atomic mass is 14.9. The molecule has 2 N–H and O–H groups in total. The lowest BCUT2D eigenvalue weighted by atomic mass is 9.99. The first-order valence-electron chi connectivity index (χ1n) is 11.5. The summed E-state index contributed by atoms with van der Waals surface area (Å²) in [7, 11) is 0. The van der Waals surface area contributed by atoms with Crippen molar-refractivity contribution in [2.24, 2.45) is 9.98 Å². The largest absolute Gasteiger partial charge is 0.358 e. The summed E-state index contributed by atoms with van der Waals surface area (Å²) in [5.74, 6) is 0. The molecule has 5 heterocycles. The van der Waals surface area contributed by atoms with Crippen LogP contribution in [-0.2, 0) is 6.42 Å². The fourth-order valence-electron chi connectivity index (χ4n) is 4.88. The van der Waals surface area contributed by atoms with Crippen molar-refractivity contribution in [1.82, 2.24) is 9.97 Å². The summed E-state index contributed by atoms with van der Waals surface area (Å²) in [6, 6.07) is 0.169. The minimum absolute atomic E-state index is 0.169. The Labute approximate surface area is 190 Å². The molecule has 0 fully saturated rings. The summed E-state index contributed by atoms with van der Waals surface area (Å²) < 4.78 is 0. The van der Waals surface area contributed by atoms with Gasteiger partial charge in [0.15, 0.2) is 0 Å². The molecule has 4 nitrogen and oxygen atoms in total. The molecule has 2 aromatic rings. The monoisotopic (exact) mass is 424 g/mol. The normalized spacial score (nSPS) is 22.9. The van der Waals surface area contributed by atoms with Gasteiger partial charge in [-0.05, 0) is 118 Å². The molecule has 4 heteroatoms. The van der Waals surface area contributed by atoms with Gasteiger partial charge in [-0.1, -0.05) is 0 Å². The summed E-state index contributed by atoms with van der Waals surface area (Å²) in [4.78, 5) is 17.5. The summed E-state index contributed by atoms with van der Waals surface area (Å²) >= 11 is 0. The molecule has 0 spiro atoms. The predicted octanol–water partition coefficient (Wildman–Crippen LogP) is 4.58. The van der Waals surface area contributed by atoms with Crippen LogP contribution >= 0.6 is 0 Å². The van der Waals surface area contributed by atoms with Crippen molar-refractivity contribution >= 4 is 23.6 Å². The van der Waals surface area contributed by atoms with Gasteiger partial charge in [-0.25, -0.2) is 4.99 Å². The number of fused-ring (bicyclic) bond motifs is 6. The maximum atomic E-state index is 5.13. The lowest BCUT2D eigenvalue weighted by Gasteiger charge is -2.09. The quantitative estimate of drug-likeness (QED) is 0.622. The van der Waals surface area contributed by atoms with Crippen molar-refractivity contribution in [3.05, 3.63) is 78.4 Å². The Morgan fingerprint density at radius 3 is 2.09 bits per heavy atom. The Kier molecular flexibility index (Phi) is 4.66. The second-order valence-electron chi connectivity index (χ2n) is 9.58. The Hall–Kier alpha value is -3.14. The zero-order chi connectivity index (χ0) is 22.9. The van der Waals surface area contributed by atoms with Crippen molar-refractivity contribution in [2.45, 2.75) is 67.9 Å². The second kappa shape index (κ2) is 7.19. The molecule has 1 unspecified atom stereocenters. The number of aromatic nitrogens is 2. The van der Waals surface area contributed by atoms with E-state index in [1.807, 2.05) is 0 Å². The number of allylic oxidation sites excluding steroid dienone is 4. The number of aromatic amines is 2. The predicted molar refractivity (Wildman–Crippen MR) is 135 cm³/mol. The van der Waals surface area contributed by atoms with Crippen LogP contribution in [0.25, 0.3) is 12.2 Å². The SMILES string of the molecule is CC1=C(C)/C2=C/C3=NC(Cc4[nH]c(c(C)c4C)/C=c4\[nH]c(c(C)c4C)=CC1=N2)C(C)=C3C.